The highest BCUT2D eigenvalue weighted by Crippen LogP contribution is 2.35. The van der Waals surface area contributed by atoms with Crippen LogP contribution in [0.2, 0.25) is 0 Å². The van der Waals surface area contributed by atoms with E-state index in [1.807, 2.05) is 43.3 Å². The Hall–Kier alpha value is -3.41. The van der Waals surface area contributed by atoms with E-state index in [4.69, 9.17) is 4.98 Å². The quantitative estimate of drug-likeness (QED) is 0.342. The van der Waals surface area contributed by atoms with Crippen molar-refractivity contribution in [2.75, 3.05) is 0 Å². The number of aromatic nitrogens is 4. The van der Waals surface area contributed by atoms with Gasteiger partial charge in [0.1, 0.15) is 5.82 Å². The van der Waals surface area contributed by atoms with Gasteiger partial charge in [0, 0.05) is 25.6 Å². The van der Waals surface area contributed by atoms with Gasteiger partial charge in [-0.2, -0.15) is 0 Å². The lowest BCUT2D eigenvalue weighted by molar-refractivity contribution is 0.545. The van der Waals surface area contributed by atoms with Crippen LogP contribution < -0.4 is 11.2 Å². The maximum absolute atomic E-state index is 13.7. The maximum atomic E-state index is 13.7. The molecule has 182 valence electrons. The Morgan fingerprint density at radius 3 is 2.14 bits per heavy atom. The third kappa shape index (κ3) is 4.75. The summed E-state index contributed by atoms with van der Waals surface area (Å²) in [6.07, 6.45) is 6.95. The fourth-order valence-electron chi connectivity index (χ4n) is 5.44. The van der Waals surface area contributed by atoms with Crippen LogP contribution in [-0.2, 0) is 26.1 Å². The van der Waals surface area contributed by atoms with Gasteiger partial charge in [0.05, 0.1) is 0 Å². The molecule has 1 saturated carbocycles. The van der Waals surface area contributed by atoms with Gasteiger partial charge in [0.2, 0.25) is 0 Å². The van der Waals surface area contributed by atoms with Crippen molar-refractivity contribution in [1.29, 1.82) is 0 Å². The van der Waals surface area contributed by atoms with Crippen molar-refractivity contribution in [1.82, 2.24) is 18.7 Å². The van der Waals surface area contributed by atoms with Gasteiger partial charge >= 0.3 is 5.69 Å². The minimum absolute atomic E-state index is 0.209. The number of aryl methyl sites for hydroxylation is 2. The molecule has 1 aliphatic carbocycles. The second kappa shape index (κ2) is 10.5. The minimum Gasteiger partial charge on any atom is -0.317 e. The number of imidazole rings is 1. The highest BCUT2D eigenvalue weighted by atomic mass is 16.2. The van der Waals surface area contributed by atoms with Crippen molar-refractivity contribution in [2.24, 2.45) is 0 Å². The average Bonchev–Trinajstić information content (AvgIpc) is 3.54. The first-order valence-corrected chi connectivity index (χ1v) is 13.0. The fourth-order valence-corrected chi connectivity index (χ4v) is 5.44. The molecular formula is C29H34N4O2. The van der Waals surface area contributed by atoms with Crippen molar-refractivity contribution in [3.63, 3.8) is 0 Å². The topological polar surface area (TPSA) is 61.8 Å². The van der Waals surface area contributed by atoms with Gasteiger partial charge in [-0.05, 0) is 43.2 Å². The molecule has 6 heteroatoms. The summed E-state index contributed by atoms with van der Waals surface area (Å²) in [4.78, 5) is 32.3. The molecule has 0 saturated heterocycles. The van der Waals surface area contributed by atoms with Gasteiger partial charge in [-0.15, -0.1) is 0 Å². The summed E-state index contributed by atoms with van der Waals surface area (Å²) in [7, 11) is 0. The third-order valence-corrected chi connectivity index (χ3v) is 7.18. The maximum Gasteiger partial charge on any atom is 0.332 e. The first kappa shape index (κ1) is 23.3. The summed E-state index contributed by atoms with van der Waals surface area (Å²) in [6.45, 7) is 3.55. The molecular weight excluding hydrogens is 436 g/mol. The second-order valence-corrected chi connectivity index (χ2v) is 9.68. The molecule has 0 N–H and O–H groups in total. The lowest BCUT2D eigenvalue weighted by Gasteiger charge is -2.14. The third-order valence-electron chi connectivity index (χ3n) is 7.18. The predicted octanol–water partition coefficient (Wildman–Crippen LogP) is 5.11. The van der Waals surface area contributed by atoms with Crippen LogP contribution >= 0.6 is 0 Å². The zero-order chi connectivity index (χ0) is 24.2. The molecule has 1 fully saturated rings. The lowest BCUT2D eigenvalue weighted by atomic mass is 10.1. The van der Waals surface area contributed by atoms with E-state index in [9.17, 15) is 9.59 Å². The second-order valence-electron chi connectivity index (χ2n) is 9.68. The molecule has 6 nitrogen and oxygen atoms in total. The minimum atomic E-state index is -0.236. The summed E-state index contributed by atoms with van der Waals surface area (Å²) < 4.78 is 5.30. The smallest absolute Gasteiger partial charge is 0.317 e. The monoisotopic (exact) mass is 470 g/mol. The zero-order valence-corrected chi connectivity index (χ0v) is 20.5. The van der Waals surface area contributed by atoms with Crippen LogP contribution in [0.25, 0.3) is 11.2 Å². The number of benzene rings is 2. The number of hydrogen-bond acceptors (Lipinski definition) is 3. The van der Waals surface area contributed by atoms with E-state index in [0.717, 1.165) is 43.5 Å². The van der Waals surface area contributed by atoms with Crippen molar-refractivity contribution in [2.45, 2.75) is 77.4 Å². The molecule has 0 unspecified atom stereocenters. The van der Waals surface area contributed by atoms with Crippen molar-refractivity contribution in [3.8, 4) is 0 Å². The van der Waals surface area contributed by atoms with Crippen LogP contribution in [0.4, 0.5) is 0 Å². The molecule has 0 spiro atoms. The van der Waals surface area contributed by atoms with E-state index in [1.54, 1.807) is 4.57 Å². The number of rotatable bonds is 9. The standard InChI is InChI=1S/C29H34N4O2/c1-2-19-32-28(34)25-27(31(29(32)35)20-11-16-22-12-5-3-6-13-22)30-26(24-17-9-10-18-24)33(25)21-23-14-7-4-8-15-23/h3-8,12-15,24H,2,9-11,16-21H2,1H3. The Morgan fingerprint density at radius 1 is 0.829 bits per heavy atom. The Kier molecular flexibility index (Phi) is 6.98. The normalized spacial score (nSPS) is 14.2. The Balaban J connectivity index is 1.64. The van der Waals surface area contributed by atoms with Gasteiger partial charge in [0.15, 0.2) is 11.2 Å². The largest absolute Gasteiger partial charge is 0.332 e. The van der Waals surface area contributed by atoms with E-state index >= 15 is 0 Å². The summed E-state index contributed by atoms with van der Waals surface area (Å²) in [5.41, 5.74) is 3.06. The van der Waals surface area contributed by atoms with Crippen LogP contribution in [0.15, 0.2) is 70.3 Å². The number of nitrogens with zero attached hydrogens (tertiary/aromatic N) is 4. The van der Waals surface area contributed by atoms with E-state index in [0.29, 0.717) is 36.7 Å². The highest BCUT2D eigenvalue weighted by molar-refractivity contribution is 5.71. The van der Waals surface area contributed by atoms with Crippen molar-refractivity contribution < 1.29 is 0 Å². The van der Waals surface area contributed by atoms with E-state index in [1.165, 1.54) is 23.0 Å². The molecule has 1 aliphatic rings. The molecule has 4 aromatic rings. The van der Waals surface area contributed by atoms with Gasteiger partial charge in [-0.1, -0.05) is 80.4 Å². The molecule has 2 aromatic carbocycles. The molecule has 0 aliphatic heterocycles. The van der Waals surface area contributed by atoms with Gasteiger partial charge in [-0.25, -0.2) is 9.78 Å². The molecule has 5 rings (SSSR count). The fraction of sp³-hybridized carbons (Fsp3) is 0.414. The van der Waals surface area contributed by atoms with E-state index in [-0.39, 0.29) is 11.2 Å². The summed E-state index contributed by atoms with van der Waals surface area (Å²) >= 11 is 0. The molecule has 35 heavy (non-hydrogen) atoms. The first-order chi connectivity index (χ1) is 17.2. The van der Waals surface area contributed by atoms with E-state index < -0.39 is 0 Å². The zero-order valence-electron chi connectivity index (χ0n) is 20.5. The molecule has 0 atom stereocenters. The molecule has 2 aromatic heterocycles. The lowest BCUT2D eigenvalue weighted by Crippen LogP contribution is -2.40. The van der Waals surface area contributed by atoms with Crippen LogP contribution in [0.3, 0.4) is 0 Å². The summed E-state index contributed by atoms with van der Waals surface area (Å²) in [5, 5.41) is 0. The summed E-state index contributed by atoms with van der Waals surface area (Å²) in [5.74, 6) is 1.29. The van der Waals surface area contributed by atoms with Gasteiger partial charge in [0.25, 0.3) is 5.56 Å². The number of hydrogen-bond donors (Lipinski definition) is 0. The molecule has 0 radical (unpaired) electrons. The SMILES string of the molecule is CCCn1c(=O)c2c(nc(C3CCCC3)n2Cc2ccccc2)n(CCCc2ccccc2)c1=O. The van der Waals surface area contributed by atoms with Gasteiger partial charge in [-0.3, -0.25) is 13.9 Å². The predicted molar refractivity (Wildman–Crippen MR) is 140 cm³/mol. The number of fused-ring (bicyclic) bond motifs is 1. The van der Waals surface area contributed by atoms with Crippen LogP contribution in [0.5, 0.6) is 0 Å². The average molecular weight is 471 g/mol. The van der Waals surface area contributed by atoms with Crippen LogP contribution in [0.1, 0.15) is 68.3 Å². The highest BCUT2D eigenvalue weighted by Gasteiger charge is 2.27. The Bertz CT molecular complexity index is 1390. The van der Waals surface area contributed by atoms with E-state index in [2.05, 4.69) is 28.8 Å². The molecule has 0 bridgehead atoms. The first-order valence-electron chi connectivity index (χ1n) is 13.0. The van der Waals surface area contributed by atoms with Crippen molar-refractivity contribution >= 4 is 11.2 Å². The van der Waals surface area contributed by atoms with Crippen molar-refractivity contribution in [3.05, 3.63) is 98.5 Å². The molecule has 2 heterocycles. The Labute approximate surface area is 205 Å². The molecule has 0 amide bonds. The van der Waals surface area contributed by atoms with Crippen LogP contribution in [-0.4, -0.2) is 18.7 Å². The van der Waals surface area contributed by atoms with Gasteiger partial charge < -0.3 is 4.57 Å². The summed E-state index contributed by atoms with van der Waals surface area (Å²) in [6, 6.07) is 20.6. The van der Waals surface area contributed by atoms with Crippen LogP contribution in [0, 0.1) is 0 Å². The Morgan fingerprint density at radius 2 is 1.49 bits per heavy atom.